The fraction of sp³-hybridized carbons (Fsp3) is 0.200. The predicted octanol–water partition coefficient (Wildman–Crippen LogP) is 4.05. The van der Waals surface area contributed by atoms with Crippen LogP contribution >= 0.6 is 0 Å². The van der Waals surface area contributed by atoms with Crippen molar-refractivity contribution in [3.8, 4) is 5.75 Å². The van der Waals surface area contributed by atoms with Gasteiger partial charge in [-0.05, 0) is 49.7 Å². The Labute approximate surface area is 147 Å². The van der Waals surface area contributed by atoms with Gasteiger partial charge in [-0.3, -0.25) is 4.98 Å². The maximum Gasteiger partial charge on any atom is 0.319 e. The van der Waals surface area contributed by atoms with E-state index in [4.69, 9.17) is 4.74 Å². The van der Waals surface area contributed by atoms with E-state index in [2.05, 4.69) is 15.6 Å². The molecular weight excluding hydrogens is 314 g/mol. The van der Waals surface area contributed by atoms with Crippen LogP contribution in [0.5, 0.6) is 5.75 Å². The van der Waals surface area contributed by atoms with Crippen LogP contribution in [0.4, 0.5) is 10.5 Å². The predicted molar refractivity (Wildman–Crippen MR) is 100 cm³/mol. The lowest BCUT2D eigenvalue weighted by Crippen LogP contribution is -2.32. The highest BCUT2D eigenvalue weighted by atomic mass is 16.5. The van der Waals surface area contributed by atoms with Gasteiger partial charge in [0.05, 0.1) is 12.1 Å². The number of rotatable bonds is 5. The van der Waals surface area contributed by atoms with Crippen LogP contribution in [0.15, 0.2) is 54.7 Å². The molecule has 2 amide bonds. The van der Waals surface area contributed by atoms with E-state index in [-0.39, 0.29) is 6.03 Å². The van der Waals surface area contributed by atoms with Crippen LogP contribution in [0.1, 0.15) is 11.1 Å². The van der Waals surface area contributed by atoms with Gasteiger partial charge in [-0.2, -0.15) is 0 Å². The van der Waals surface area contributed by atoms with Crippen molar-refractivity contribution in [2.45, 2.75) is 13.8 Å². The van der Waals surface area contributed by atoms with Crippen molar-refractivity contribution in [3.05, 3.63) is 65.9 Å². The Morgan fingerprint density at radius 2 is 2.00 bits per heavy atom. The molecule has 0 saturated carbocycles. The van der Waals surface area contributed by atoms with Crippen molar-refractivity contribution in [2.24, 2.45) is 0 Å². The number of aromatic nitrogens is 1. The topological polar surface area (TPSA) is 63.2 Å². The third-order valence-electron chi connectivity index (χ3n) is 3.86. The van der Waals surface area contributed by atoms with Gasteiger partial charge in [0.15, 0.2) is 0 Å². The zero-order valence-corrected chi connectivity index (χ0v) is 14.4. The summed E-state index contributed by atoms with van der Waals surface area (Å²) in [4.78, 5) is 16.2. The minimum atomic E-state index is -0.238. The van der Waals surface area contributed by atoms with Crippen LogP contribution in [-0.2, 0) is 0 Å². The molecule has 0 unspecified atom stereocenters. The second kappa shape index (κ2) is 7.66. The van der Waals surface area contributed by atoms with Gasteiger partial charge in [-0.15, -0.1) is 0 Å². The summed E-state index contributed by atoms with van der Waals surface area (Å²) < 4.78 is 5.68. The number of nitrogens with zero attached hydrogens (tertiary/aromatic N) is 1. The molecule has 0 aliphatic heterocycles. The van der Waals surface area contributed by atoms with E-state index in [0.29, 0.717) is 13.2 Å². The second-order valence-electron chi connectivity index (χ2n) is 5.91. The minimum Gasteiger partial charge on any atom is -0.492 e. The molecule has 0 atom stereocenters. The molecule has 1 heterocycles. The lowest BCUT2D eigenvalue weighted by atomic mass is 10.1. The van der Waals surface area contributed by atoms with Crippen LogP contribution in [0.25, 0.3) is 10.9 Å². The maximum absolute atomic E-state index is 11.9. The lowest BCUT2D eigenvalue weighted by molar-refractivity contribution is 0.247. The van der Waals surface area contributed by atoms with E-state index in [1.165, 1.54) is 5.56 Å². The quantitative estimate of drug-likeness (QED) is 0.691. The fourth-order valence-electron chi connectivity index (χ4n) is 2.60. The average Bonchev–Trinajstić information content (AvgIpc) is 2.61. The Bertz CT molecular complexity index is 893. The summed E-state index contributed by atoms with van der Waals surface area (Å²) in [6.07, 6.45) is 1.77. The number of benzene rings is 2. The lowest BCUT2D eigenvalue weighted by Gasteiger charge is -2.11. The zero-order chi connectivity index (χ0) is 17.6. The van der Waals surface area contributed by atoms with Crippen molar-refractivity contribution in [2.75, 3.05) is 18.5 Å². The number of hydrogen-bond donors (Lipinski definition) is 2. The first-order valence-corrected chi connectivity index (χ1v) is 8.21. The molecule has 1 aromatic heterocycles. The first-order chi connectivity index (χ1) is 12.1. The van der Waals surface area contributed by atoms with E-state index in [0.717, 1.165) is 27.9 Å². The van der Waals surface area contributed by atoms with Gasteiger partial charge in [0.1, 0.15) is 12.4 Å². The number of fused-ring (bicyclic) bond motifs is 1. The van der Waals surface area contributed by atoms with Gasteiger partial charge in [-0.1, -0.05) is 23.8 Å². The molecule has 128 valence electrons. The molecule has 25 heavy (non-hydrogen) atoms. The van der Waals surface area contributed by atoms with Crippen LogP contribution in [0.2, 0.25) is 0 Å². The van der Waals surface area contributed by atoms with E-state index in [9.17, 15) is 4.79 Å². The van der Waals surface area contributed by atoms with E-state index < -0.39 is 0 Å². The number of amides is 2. The average molecular weight is 335 g/mol. The number of anilines is 1. The standard InChI is InChI=1S/C20H21N3O2/c1-14-5-7-18(15(2)12-14)23-20(24)22-10-11-25-17-6-8-19-16(13-17)4-3-9-21-19/h3-9,12-13H,10-11H2,1-2H3,(H2,22,23,24). The Hall–Kier alpha value is -3.08. The van der Waals surface area contributed by atoms with E-state index in [1.807, 2.05) is 62.4 Å². The van der Waals surface area contributed by atoms with E-state index >= 15 is 0 Å². The molecule has 5 heteroatoms. The van der Waals surface area contributed by atoms with Crippen LogP contribution in [0.3, 0.4) is 0 Å². The second-order valence-corrected chi connectivity index (χ2v) is 5.91. The third-order valence-corrected chi connectivity index (χ3v) is 3.86. The molecule has 0 fully saturated rings. The number of carbonyl (C=O) groups excluding carboxylic acids is 1. The number of carbonyl (C=O) groups is 1. The number of ether oxygens (including phenoxy) is 1. The van der Waals surface area contributed by atoms with Gasteiger partial charge in [-0.25, -0.2) is 4.79 Å². The maximum atomic E-state index is 11.9. The SMILES string of the molecule is Cc1ccc(NC(=O)NCCOc2ccc3ncccc3c2)c(C)c1. The Kier molecular flexibility index (Phi) is 5.14. The van der Waals surface area contributed by atoms with Gasteiger partial charge in [0.2, 0.25) is 0 Å². The molecule has 2 aromatic carbocycles. The first kappa shape index (κ1) is 16.8. The van der Waals surface area contributed by atoms with Crippen molar-refractivity contribution >= 4 is 22.6 Å². The van der Waals surface area contributed by atoms with Gasteiger partial charge in [0.25, 0.3) is 0 Å². The Balaban J connectivity index is 1.46. The van der Waals surface area contributed by atoms with Crippen LogP contribution < -0.4 is 15.4 Å². The molecule has 0 radical (unpaired) electrons. The van der Waals surface area contributed by atoms with Crippen LogP contribution in [-0.4, -0.2) is 24.2 Å². The minimum absolute atomic E-state index is 0.238. The molecule has 0 spiro atoms. The Morgan fingerprint density at radius 3 is 2.84 bits per heavy atom. The van der Waals surface area contributed by atoms with Crippen molar-refractivity contribution in [3.63, 3.8) is 0 Å². The molecule has 0 aliphatic carbocycles. The molecule has 5 nitrogen and oxygen atoms in total. The smallest absolute Gasteiger partial charge is 0.319 e. The zero-order valence-electron chi connectivity index (χ0n) is 14.4. The number of aryl methyl sites for hydroxylation is 2. The van der Waals surface area contributed by atoms with E-state index in [1.54, 1.807) is 6.20 Å². The molecule has 0 saturated heterocycles. The van der Waals surface area contributed by atoms with Crippen molar-refractivity contribution in [1.82, 2.24) is 10.3 Å². The summed E-state index contributed by atoms with van der Waals surface area (Å²) in [5.74, 6) is 0.761. The molecule has 2 N–H and O–H groups in total. The monoisotopic (exact) mass is 335 g/mol. The molecular formula is C20H21N3O2. The summed E-state index contributed by atoms with van der Waals surface area (Å²) in [5.41, 5.74) is 3.95. The van der Waals surface area contributed by atoms with Crippen molar-refractivity contribution < 1.29 is 9.53 Å². The fourth-order valence-corrected chi connectivity index (χ4v) is 2.60. The number of hydrogen-bond acceptors (Lipinski definition) is 3. The van der Waals surface area contributed by atoms with Gasteiger partial charge >= 0.3 is 6.03 Å². The Morgan fingerprint density at radius 1 is 1.12 bits per heavy atom. The molecule has 0 aliphatic rings. The summed E-state index contributed by atoms with van der Waals surface area (Å²) in [7, 11) is 0. The van der Waals surface area contributed by atoms with Gasteiger partial charge < -0.3 is 15.4 Å². The number of urea groups is 1. The summed E-state index contributed by atoms with van der Waals surface area (Å²) in [6.45, 7) is 4.81. The summed E-state index contributed by atoms with van der Waals surface area (Å²) >= 11 is 0. The van der Waals surface area contributed by atoms with Gasteiger partial charge in [0, 0.05) is 17.3 Å². The molecule has 3 aromatic rings. The first-order valence-electron chi connectivity index (χ1n) is 8.21. The third kappa shape index (κ3) is 4.47. The number of pyridine rings is 1. The molecule has 3 rings (SSSR count). The highest BCUT2D eigenvalue weighted by Crippen LogP contribution is 2.18. The highest BCUT2D eigenvalue weighted by Gasteiger charge is 2.04. The molecule has 0 bridgehead atoms. The largest absolute Gasteiger partial charge is 0.492 e. The highest BCUT2D eigenvalue weighted by molar-refractivity contribution is 5.90. The summed E-state index contributed by atoms with van der Waals surface area (Å²) in [6, 6.07) is 15.3. The summed E-state index contributed by atoms with van der Waals surface area (Å²) in [5, 5.41) is 6.67. The van der Waals surface area contributed by atoms with Crippen LogP contribution in [0, 0.1) is 13.8 Å². The van der Waals surface area contributed by atoms with Crippen molar-refractivity contribution in [1.29, 1.82) is 0 Å². The number of nitrogens with one attached hydrogen (secondary N) is 2. The normalized spacial score (nSPS) is 10.5.